The van der Waals surface area contributed by atoms with Crippen LogP contribution in [0, 0.1) is 0 Å². The van der Waals surface area contributed by atoms with Gasteiger partial charge in [0.25, 0.3) is 0 Å². The predicted molar refractivity (Wildman–Crippen MR) is 105 cm³/mol. The van der Waals surface area contributed by atoms with Gasteiger partial charge in [-0.1, -0.05) is 23.2 Å². The molecule has 0 radical (unpaired) electrons. The molecule has 0 amide bonds. The first-order chi connectivity index (χ1) is 10.6. The van der Waals surface area contributed by atoms with E-state index in [0.29, 0.717) is 23.1 Å². The monoisotopic (exact) mass is 414 g/mol. The SMILES string of the molecule is CC(O)CNCCNCc1ccc(-c2ccc(Cl)cc2Cl)o1.Cl.Cl. The second kappa shape index (κ2) is 12.0. The molecule has 8 heteroatoms. The quantitative estimate of drug-likeness (QED) is 0.566. The maximum atomic E-state index is 9.12. The molecule has 24 heavy (non-hydrogen) atoms. The maximum absolute atomic E-state index is 9.12. The Kier molecular flexibility index (Phi) is 11.8. The van der Waals surface area contributed by atoms with Gasteiger partial charge in [0.15, 0.2) is 0 Å². The Balaban J connectivity index is 0.00000264. The van der Waals surface area contributed by atoms with E-state index in [1.807, 2.05) is 18.2 Å². The summed E-state index contributed by atoms with van der Waals surface area (Å²) >= 11 is 12.1. The number of hydrogen-bond acceptors (Lipinski definition) is 4. The van der Waals surface area contributed by atoms with Gasteiger partial charge in [0.1, 0.15) is 11.5 Å². The molecule has 136 valence electrons. The van der Waals surface area contributed by atoms with Gasteiger partial charge in [-0.05, 0) is 37.3 Å². The van der Waals surface area contributed by atoms with Crippen LogP contribution < -0.4 is 10.6 Å². The molecule has 1 heterocycles. The highest BCUT2D eigenvalue weighted by atomic mass is 35.5. The predicted octanol–water partition coefficient (Wildman–Crippen LogP) is 4.16. The standard InChI is InChI=1S/C16H20Cl2N2O2.2ClH/c1-11(21)9-19-6-7-20-10-13-3-5-16(22-13)14-4-2-12(17)8-15(14)18;;/h2-5,8,11,19-21H,6-7,9-10H2,1H3;2*1H. The van der Waals surface area contributed by atoms with Crippen LogP contribution in [0.5, 0.6) is 0 Å². The number of hydrogen-bond donors (Lipinski definition) is 3. The van der Waals surface area contributed by atoms with Gasteiger partial charge in [-0.25, -0.2) is 0 Å². The van der Waals surface area contributed by atoms with Crippen LogP contribution >= 0.6 is 48.0 Å². The van der Waals surface area contributed by atoms with Gasteiger partial charge in [0, 0.05) is 30.2 Å². The van der Waals surface area contributed by atoms with Crippen LogP contribution in [0.4, 0.5) is 0 Å². The smallest absolute Gasteiger partial charge is 0.135 e. The zero-order valence-corrected chi connectivity index (χ0v) is 16.4. The molecule has 4 nitrogen and oxygen atoms in total. The lowest BCUT2D eigenvalue weighted by Crippen LogP contribution is -2.31. The Bertz CT molecular complexity index is 606. The second-order valence-corrected chi connectivity index (χ2v) is 5.96. The first-order valence-electron chi connectivity index (χ1n) is 7.20. The van der Waals surface area contributed by atoms with E-state index in [0.717, 1.165) is 30.2 Å². The highest BCUT2D eigenvalue weighted by Gasteiger charge is 2.09. The number of aliphatic hydroxyl groups is 1. The van der Waals surface area contributed by atoms with E-state index in [1.54, 1.807) is 19.1 Å². The van der Waals surface area contributed by atoms with Crippen LogP contribution in [0.15, 0.2) is 34.7 Å². The molecule has 0 spiro atoms. The molecule has 0 aliphatic heterocycles. The molecule has 0 aliphatic rings. The van der Waals surface area contributed by atoms with Crippen molar-refractivity contribution in [1.29, 1.82) is 0 Å². The van der Waals surface area contributed by atoms with Crippen molar-refractivity contribution in [2.75, 3.05) is 19.6 Å². The molecule has 0 bridgehead atoms. The molecule has 0 fully saturated rings. The molecule has 1 aromatic heterocycles. The van der Waals surface area contributed by atoms with Crippen LogP contribution in [-0.4, -0.2) is 30.8 Å². The molecular weight excluding hydrogens is 394 g/mol. The molecule has 1 aromatic carbocycles. The number of aliphatic hydroxyl groups excluding tert-OH is 1. The molecule has 3 N–H and O–H groups in total. The molecule has 0 aliphatic carbocycles. The van der Waals surface area contributed by atoms with Crippen LogP contribution in [0.1, 0.15) is 12.7 Å². The third-order valence-electron chi connectivity index (χ3n) is 3.08. The summed E-state index contributed by atoms with van der Waals surface area (Å²) in [5, 5.41) is 16.7. The van der Waals surface area contributed by atoms with Gasteiger partial charge >= 0.3 is 0 Å². The van der Waals surface area contributed by atoms with Crippen molar-refractivity contribution in [1.82, 2.24) is 10.6 Å². The minimum Gasteiger partial charge on any atom is -0.460 e. The normalized spacial score (nSPS) is 11.5. The Hall–Kier alpha value is -0.460. The fourth-order valence-electron chi connectivity index (χ4n) is 2.01. The van der Waals surface area contributed by atoms with Crippen molar-refractivity contribution in [3.8, 4) is 11.3 Å². The number of halogens is 4. The summed E-state index contributed by atoms with van der Waals surface area (Å²) in [5.41, 5.74) is 0.830. The van der Waals surface area contributed by atoms with E-state index in [2.05, 4.69) is 10.6 Å². The largest absolute Gasteiger partial charge is 0.460 e. The van der Waals surface area contributed by atoms with Crippen molar-refractivity contribution < 1.29 is 9.52 Å². The van der Waals surface area contributed by atoms with Gasteiger partial charge in [-0.3, -0.25) is 0 Å². The lowest BCUT2D eigenvalue weighted by molar-refractivity contribution is 0.191. The zero-order valence-electron chi connectivity index (χ0n) is 13.2. The lowest BCUT2D eigenvalue weighted by Gasteiger charge is -2.07. The summed E-state index contributed by atoms with van der Waals surface area (Å²) < 4.78 is 5.78. The minimum absolute atomic E-state index is 0. The summed E-state index contributed by atoms with van der Waals surface area (Å²) in [7, 11) is 0. The molecule has 0 saturated heterocycles. The van der Waals surface area contributed by atoms with E-state index in [1.165, 1.54) is 0 Å². The summed E-state index contributed by atoms with van der Waals surface area (Å²) in [6, 6.07) is 9.17. The summed E-state index contributed by atoms with van der Waals surface area (Å²) in [6.45, 7) is 4.59. The first-order valence-corrected chi connectivity index (χ1v) is 7.95. The molecule has 0 saturated carbocycles. The number of benzene rings is 1. The van der Waals surface area contributed by atoms with Crippen molar-refractivity contribution >= 4 is 48.0 Å². The van der Waals surface area contributed by atoms with E-state index in [4.69, 9.17) is 32.7 Å². The molecule has 2 aromatic rings. The van der Waals surface area contributed by atoms with Crippen molar-refractivity contribution in [3.63, 3.8) is 0 Å². The Labute approximate surface area is 164 Å². The number of nitrogens with one attached hydrogen (secondary N) is 2. The van der Waals surface area contributed by atoms with Crippen molar-refractivity contribution in [3.05, 3.63) is 46.1 Å². The van der Waals surface area contributed by atoms with Crippen molar-refractivity contribution in [2.24, 2.45) is 0 Å². The summed E-state index contributed by atoms with van der Waals surface area (Å²) in [5.74, 6) is 1.57. The van der Waals surface area contributed by atoms with E-state index in [-0.39, 0.29) is 30.9 Å². The van der Waals surface area contributed by atoms with Crippen molar-refractivity contribution in [2.45, 2.75) is 19.6 Å². The number of furan rings is 1. The van der Waals surface area contributed by atoms with Gasteiger partial charge in [-0.2, -0.15) is 0 Å². The molecule has 1 unspecified atom stereocenters. The van der Waals surface area contributed by atoms with Gasteiger partial charge in [-0.15, -0.1) is 24.8 Å². The van der Waals surface area contributed by atoms with Crippen LogP contribution in [0.3, 0.4) is 0 Å². The topological polar surface area (TPSA) is 57.4 Å². The molecular formula is C16H22Cl4N2O2. The minimum atomic E-state index is -0.322. The average molecular weight is 416 g/mol. The molecule has 2 rings (SSSR count). The highest BCUT2D eigenvalue weighted by molar-refractivity contribution is 6.36. The van der Waals surface area contributed by atoms with Gasteiger partial charge in [0.05, 0.1) is 17.7 Å². The van der Waals surface area contributed by atoms with Crippen LogP contribution in [0.2, 0.25) is 10.0 Å². The van der Waals surface area contributed by atoms with E-state index < -0.39 is 0 Å². The fourth-order valence-corrected chi connectivity index (χ4v) is 2.51. The Morgan fingerprint density at radius 2 is 1.79 bits per heavy atom. The van der Waals surface area contributed by atoms with Crippen LogP contribution in [0.25, 0.3) is 11.3 Å². The highest BCUT2D eigenvalue weighted by Crippen LogP contribution is 2.31. The maximum Gasteiger partial charge on any atom is 0.135 e. The molecule has 1 atom stereocenters. The van der Waals surface area contributed by atoms with E-state index in [9.17, 15) is 0 Å². The van der Waals surface area contributed by atoms with Gasteiger partial charge in [0.2, 0.25) is 0 Å². The second-order valence-electron chi connectivity index (χ2n) is 5.12. The van der Waals surface area contributed by atoms with E-state index >= 15 is 0 Å². The Morgan fingerprint density at radius 3 is 2.46 bits per heavy atom. The lowest BCUT2D eigenvalue weighted by atomic mass is 10.2. The first kappa shape index (κ1) is 23.5. The fraction of sp³-hybridized carbons (Fsp3) is 0.375. The summed E-state index contributed by atoms with van der Waals surface area (Å²) in [6.07, 6.45) is -0.322. The number of rotatable bonds is 8. The third-order valence-corrected chi connectivity index (χ3v) is 3.62. The average Bonchev–Trinajstić information content (AvgIpc) is 2.91. The summed E-state index contributed by atoms with van der Waals surface area (Å²) in [4.78, 5) is 0. The third kappa shape index (κ3) is 7.62. The Morgan fingerprint density at radius 1 is 1.08 bits per heavy atom. The van der Waals surface area contributed by atoms with Gasteiger partial charge < -0.3 is 20.2 Å². The van der Waals surface area contributed by atoms with Crippen LogP contribution in [-0.2, 0) is 6.54 Å². The zero-order chi connectivity index (χ0) is 15.9.